The number of hydrogen-bond donors (Lipinski definition) is 1. The second kappa shape index (κ2) is 8.53. The van der Waals surface area contributed by atoms with E-state index >= 15 is 0 Å². The van der Waals surface area contributed by atoms with Crippen molar-refractivity contribution in [3.63, 3.8) is 0 Å². The second-order valence-corrected chi connectivity index (χ2v) is 5.64. The van der Waals surface area contributed by atoms with Gasteiger partial charge in [0.25, 0.3) is 5.91 Å². The minimum absolute atomic E-state index is 0.265. The van der Waals surface area contributed by atoms with Gasteiger partial charge in [-0.2, -0.15) is 0 Å². The van der Waals surface area contributed by atoms with Crippen LogP contribution in [0, 0.1) is 5.82 Å². The van der Waals surface area contributed by atoms with E-state index in [1.54, 1.807) is 12.1 Å². The molecule has 0 aliphatic carbocycles. The summed E-state index contributed by atoms with van der Waals surface area (Å²) in [6.45, 7) is 1.37. The maximum absolute atomic E-state index is 13.9. The molecule has 138 valence electrons. The molecule has 0 aromatic heterocycles. The van der Waals surface area contributed by atoms with Gasteiger partial charge in [0, 0.05) is 11.8 Å². The number of rotatable bonds is 6. The average molecular weight is 382 g/mol. The zero-order valence-electron chi connectivity index (χ0n) is 14.3. The molecular formula is C18H17ClFNO5. The Morgan fingerprint density at radius 3 is 2.42 bits per heavy atom. The molecule has 0 aliphatic rings. The van der Waals surface area contributed by atoms with Crippen molar-refractivity contribution in [2.24, 2.45) is 0 Å². The summed E-state index contributed by atoms with van der Waals surface area (Å²) in [6.07, 6.45) is -1.15. The minimum Gasteiger partial charge on any atom is -0.497 e. The number of carbonyl (C=O) groups is 2. The third kappa shape index (κ3) is 4.64. The van der Waals surface area contributed by atoms with E-state index in [4.69, 9.17) is 25.8 Å². The van der Waals surface area contributed by atoms with E-state index in [9.17, 15) is 14.0 Å². The van der Waals surface area contributed by atoms with Crippen molar-refractivity contribution in [3.05, 3.63) is 52.8 Å². The van der Waals surface area contributed by atoms with Gasteiger partial charge < -0.3 is 19.5 Å². The first-order valence-electron chi connectivity index (χ1n) is 7.54. The van der Waals surface area contributed by atoms with Crippen molar-refractivity contribution in [1.82, 2.24) is 0 Å². The number of nitrogens with one attached hydrogen (secondary N) is 1. The van der Waals surface area contributed by atoms with Crippen LogP contribution in [0.1, 0.15) is 17.3 Å². The molecule has 1 atom stereocenters. The molecule has 0 spiro atoms. The fourth-order valence-corrected chi connectivity index (χ4v) is 2.31. The van der Waals surface area contributed by atoms with Crippen molar-refractivity contribution in [2.75, 3.05) is 19.5 Å². The molecule has 0 unspecified atom stereocenters. The molecule has 0 fully saturated rings. The van der Waals surface area contributed by atoms with Gasteiger partial charge in [0.2, 0.25) is 0 Å². The standard InChI is InChI=1S/C18H17ClFNO5/c1-10(17(22)21-11-4-7-16(25-3)14(19)8-11)26-18(23)13-6-5-12(24-2)9-15(13)20/h4-10H,1-3H3,(H,21,22)/t10-/m1/s1. The lowest BCUT2D eigenvalue weighted by atomic mass is 10.2. The van der Waals surface area contributed by atoms with Gasteiger partial charge in [0.15, 0.2) is 6.10 Å². The molecule has 0 bridgehead atoms. The van der Waals surface area contributed by atoms with Crippen LogP contribution in [0.5, 0.6) is 11.5 Å². The van der Waals surface area contributed by atoms with Crippen molar-refractivity contribution < 1.29 is 28.2 Å². The van der Waals surface area contributed by atoms with Crippen LogP contribution in [0.25, 0.3) is 0 Å². The summed E-state index contributed by atoms with van der Waals surface area (Å²) >= 11 is 5.99. The molecule has 8 heteroatoms. The predicted molar refractivity (Wildman–Crippen MR) is 94.5 cm³/mol. The first-order chi connectivity index (χ1) is 12.3. The first kappa shape index (κ1) is 19.5. The normalized spacial score (nSPS) is 11.4. The lowest BCUT2D eigenvalue weighted by Gasteiger charge is -2.14. The average Bonchev–Trinajstić information content (AvgIpc) is 2.61. The van der Waals surface area contributed by atoms with Crippen molar-refractivity contribution in [3.8, 4) is 11.5 Å². The molecule has 1 N–H and O–H groups in total. The van der Waals surface area contributed by atoms with Crippen LogP contribution < -0.4 is 14.8 Å². The van der Waals surface area contributed by atoms with Crippen LogP contribution in [0.15, 0.2) is 36.4 Å². The SMILES string of the molecule is COc1ccc(C(=O)O[C@H](C)C(=O)Nc2ccc(OC)c(Cl)c2)c(F)c1. The van der Waals surface area contributed by atoms with Gasteiger partial charge in [-0.1, -0.05) is 11.6 Å². The Balaban J connectivity index is 2.02. The van der Waals surface area contributed by atoms with Gasteiger partial charge in [0.05, 0.1) is 24.8 Å². The zero-order valence-corrected chi connectivity index (χ0v) is 15.1. The molecule has 0 saturated carbocycles. The number of benzene rings is 2. The number of carbonyl (C=O) groups excluding carboxylic acids is 2. The van der Waals surface area contributed by atoms with E-state index < -0.39 is 23.8 Å². The van der Waals surface area contributed by atoms with Crippen molar-refractivity contribution in [1.29, 1.82) is 0 Å². The maximum atomic E-state index is 13.9. The van der Waals surface area contributed by atoms with Gasteiger partial charge in [-0.25, -0.2) is 9.18 Å². The number of amides is 1. The topological polar surface area (TPSA) is 73.9 Å². The van der Waals surface area contributed by atoms with Crippen LogP contribution in [0.2, 0.25) is 5.02 Å². The summed E-state index contributed by atoms with van der Waals surface area (Å²) in [4.78, 5) is 24.2. The van der Waals surface area contributed by atoms with Gasteiger partial charge in [-0.15, -0.1) is 0 Å². The van der Waals surface area contributed by atoms with E-state index in [-0.39, 0.29) is 11.3 Å². The zero-order chi connectivity index (χ0) is 19.3. The molecule has 1 amide bonds. The van der Waals surface area contributed by atoms with Crippen LogP contribution in [-0.4, -0.2) is 32.2 Å². The van der Waals surface area contributed by atoms with Gasteiger partial charge >= 0.3 is 5.97 Å². The number of esters is 1. The van der Waals surface area contributed by atoms with Crippen molar-refractivity contribution >= 4 is 29.2 Å². The number of methoxy groups -OCH3 is 2. The number of halogens is 2. The third-order valence-corrected chi connectivity index (χ3v) is 3.76. The molecule has 2 aromatic carbocycles. The highest BCUT2D eigenvalue weighted by molar-refractivity contribution is 6.32. The van der Waals surface area contributed by atoms with Crippen LogP contribution in [-0.2, 0) is 9.53 Å². The van der Waals surface area contributed by atoms with Gasteiger partial charge in [-0.05, 0) is 37.3 Å². The number of anilines is 1. The smallest absolute Gasteiger partial charge is 0.341 e. The Kier molecular flexibility index (Phi) is 6.41. The molecule has 6 nitrogen and oxygen atoms in total. The summed E-state index contributed by atoms with van der Waals surface area (Å²) < 4.78 is 28.8. The third-order valence-electron chi connectivity index (χ3n) is 3.47. The predicted octanol–water partition coefficient (Wildman–Crippen LogP) is 3.68. The summed E-state index contributed by atoms with van der Waals surface area (Å²) in [5, 5.41) is 2.87. The van der Waals surface area contributed by atoms with E-state index in [1.165, 1.54) is 39.3 Å². The molecule has 0 saturated heterocycles. The van der Waals surface area contributed by atoms with E-state index in [0.717, 1.165) is 6.07 Å². The molecule has 2 rings (SSSR count). The molecule has 2 aromatic rings. The van der Waals surface area contributed by atoms with Gasteiger partial charge in [-0.3, -0.25) is 4.79 Å². The Labute approximate surface area is 154 Å². The highest BCUT2D eigenvalue weighted by Gasteiger charge is 2.21. The fourth-order valence-electron chi connectivity index (χ4n) is 2.05. The number of ether oxygens (including phenoxy) is 3. The van der Waals surface area contributed by atoms with Crippen LogP contribution >= 0.6 is 11.6 Å². The molecule has 0 heterocycles. The summed E-state index contributed by atoms with van der Waals surface area (Å²) in [7, 11) is 2.85. The first-order valence-corrected chi connectivity index (χ1v) is 7.92. The largest absolute Gasteiger partial charge is 0.497 e. The fraction of sp³-hybridized carbons (Fsp3) is 0.222. The molecule has 0 radical (unpaired) electrons. The number of hydrogen-bond acceptors (Lipinski definition) is 5. The highest BCUT2D eigenvalue weighted by Crippen LogP contribution is 2.27. The highest BCUT2D eigenvalue weighted by atomic mass is 35.5. The Morgan fingerprint density at radius 1 is 1.12 bits per heavy atom. The Hall–Kier alpha value is -2.80. The second-order valence-electron chi connectivity index (χ2n) is 5.23. The van der Waals surface area contributed by atoms with Crippen molar-refractivity contribution in [2.45, 2.75) is 13.0 Å². The molecule has 26 heavy (non-hydrogen) atoms. The lowest BCUT2D eigenvalue weighted by molar-refractivity contribution is -0.123. The summed E-state index contributed by atoms with van der Waals surface area (Å²) in [5.41, 5.74) is 0.109. The van der Waals surface area contributed by atoms with Crippen LogP contribution in [0.3, 0.4) is 0 Å². The Bertz CT molecular complexity index is 827. The minimum atomic E-state index is -1.15. The molecular weight excluding hydrogens is 365 g/mol. The van der Waals surface area contributed by atoms with E-state index in [2.05, 4.69) is 5.32 Å². The maximum Gasteiger partial charge on any atom is 0.341 e. The molecule has 0 aliphatic heterocycles. The quantitative estimate of drug-likeness (QED) is 0.773. The Morgan fingerprint density at radius 2 is 1.85 bits per heavy atom. The summed E-state index contributed by atoms with van der Waals surface area (Å²) in [5.74, 6) is -1.63. The van der Waals surface area contributed by atoms with E-state index in [0.29, 0.717) is 16.5 Å². The lowest BCUT2D eigenvalue weighted by Crippen LogP contribution is -2.30. The van der Waals surface area contributed by atoms with Gasteiger partial charge in [0.1, 0.15) is 17.3 Å². The summed E-state index contributed by atoms with van der Waals surface area (Å²) in [6, 6.07) is 8.37. The monoisotopic (exact) mass is 381 g/mol. The van der Waals surface area contributed by atoms with Crippen LogP contribution in [0.4, 0.5) is 10.1 Å². The van der Waals surface area contributed by atoms with E-state index in [1.807, 2.05) is 0 Å².